The fourth-order valence-corrected chi connectivity index (χ4v) is 1.49. The Morgan fingerprint density at radius 2 is 1.94 bits per heavy atom. The van der Waals surface area contributed by atoms with Crippen LogP contribution in [0.15, 0.2) is 42.7 Å². The number of nitrogen functional groups attached to an aromatic ring is 1. The summed E-state index contributed by atoms with van der Waals surface area (Å²) in [6, 6.07) is 8.21. The van der Waals surface area contributed by atoms with Crippen LogP contribution < -0.4 is 11.1 Å². The van der Waals surface area contributed by atoms with E-state index in [1.807, 2.05) is 0 Å². The fraction of sp³-hybridized carbons (Fsp3) is 0. The summed E-state index contributed by atoms with van der Waals surface area (Å²) in [7, 11) is 0. The van der Waals surface area contributed by atoms with Crippen molar-refractivity contribution in [3.05, 3.63) is 53.3 Å². The van der Waals surface area contributed by atoms with Crippen LogP contribution in [0, 0.1) is 0 Å². The normalized spacial score (nSPS) is 9.94. The quantitative estimate of drug-likeness (QED) is 0.802. The molecule has 1 aromatic carbocycles. The molecule has 0 bridgehead atoms. The molecule has 0 saturated carbocycles. The number of nitrogens with zero attached hydrogens (tertiary/aromatic N) is 1. The van der Waals surface area contributed by atoms with Crippen LogP contribution in [0.4, 0.5) is 11.4 Å². The molecule has 0 unspecified atom stereocenters. The van der Waals surface area contributed by atoms with Crippen LogP contribution in [-0.4, -0.2) is 10.9 Å². The molecule has 1 heterocycles. The summed E-state index contributed by atoms with van der Waals surface area (Å²) in [5.41, 5.74) is 7.20. The monoisotopic (exact) mass is 247 g/mol. The Hall–Kier alpha value is -2.07. The number of halogens is 1. The first-order chi connectivity index (χ1) is 8.16. The van der Waals surface area contributed by atoms with E-state index in [1.54, 1.807) is 42.7 Å². The number of nitrogens with two attached hydrogens (primary N) is 1. The van der Waals surface area contributed by atoms with Crippen molar-refractivity contribution in [3.63, 3.8) is 0 Å². The highest BCUT2D eigenvalue weighted by molar-refractivity contribution is 6.33. The topological polar surface area (TPSA) is 68.0 Å². The molecule has 0 atom stereocenters. The van der Waals surface area contributed by atoms with Crippen molar-refractivity contribution in [2.24, 2.45) is 0 Å². The number of hydrogen-bond donors (Lipinski definition) is 2. The van der Waals surface area contributed by atoms with Crippen LogP contribution in [-0.2, 0) is 0 Å². The van der Waals surface area contributed by atoms with E-state index in [2.05, 4.69) is 10.3 Å². The molecule has 0 aliphatic carbocycles. The number of carbonyl (C=O) groups is 1. The van der Waals surface area contributed by atoms with Gasteiger partial charge in [0.15, 0.2) is 0 Å². The van der Waals surface area contributed by atoms with Crippen molar-refractivity contribution in [2.45, 2.75) is 0 Å². The first kappa shape index (κ1) is 11.4. The minimum atomic E-state index is -0.215. The van der Waals surface area contributed by atoms with E-state index in [9.17, 15) is 4.79 Å². The summed E-state index contributed by atoms with van der Waals surface area (Å²) >= 11 is 5.86. The number of carbonyl (C=O) groups excluding carboxylic acids is 1. The number of pyridine rings is 1. The van der Waals surface area contributed by atoms with Gasteiger partial charge in [-0.05, 0) is 30.3 Å². The second-order valence-corrected chi connectivity index (χ2v) is 3.83. The molecule has 2 aromatic rings. The van der Waals surface area contributed by atoms with Gasteiger partial charge in [0.2, 0.25) is 0 Å². The summed E-state index contributed by atoms with van der Waals surface area (Å²) in [4.78, 5) is 15.6. The lowest BCUT2D eigenvalue weighted by atomic mass is 10.2. The van der Waals surface area contributed by atoms with Gasteiger partial charge in [-0.3, -0.25) is 9.78 Å². The van der Waals surface area contributed by atoms with Gasteiger partial charge in [0.05, 0.1) is 10.7 Å². The fourth-order valence-electron chi connectivity index (χ4n) is 1.31. The van der Waals surface area contributed by atoms with Gasteiger partial charge in [-0.25, -0.2) is 0 Å². The summed E-state index contributed by atoms with van der Waals surface area (Å²) in [6.45, 7) is 0. The number of rotatable bonds is 2. The number of hydrogen-bond acceptors (Lipinski definition) is 3. The molecule has 0 spiro atoms. The zero-order chi connectivity index (χ0) is 12.3. The molecule has 0 aliphatic rings. The number of benzene rings is 1. The average molecular weight is 248 g/mol. The van der Waals surface area contributed by atoms with Crippen LogP contribution in [0.5, 0.6) is 0 Å². The number of aromatic nitrogens is 1. The van der Waals surface area contributed by atoms with Gasteiger partial charge in [-0.15, -0.1) is 0 Å². The van der Waals surface area contributed by atoms with E-state index in [0.717, 1.165) is 0 Å². The molecule has 86 valence electrons. The van der Waals surface area contributed by atoms with Crippen molar-refractivity contribution >= 4 is 28.9 Å². The van der Waals surface area contributed by atoms with Gasteiger partial charge < -0.3 is 11.1 Å². The minimum absolute atomic E-state index is 0.215. The molecule has 4 nitrogen and oxygen atoms in total. The Morgan fingerprint density at radius 3 is 2.59 bits per heavy atom. The van der Waals surface area contributed by atoms with Crippen LogP contribution >= 0.6 is 11.6 Å². The molecule has 17 heavy (non-hydrogen) atoms. The predicted octanol–water partition coefficient (Wildman–Crippen LogP) is 2.57. The molecule has 0 radical (unpaired) electrons. The third-order valence-corrected chi connectivity index (χ3v) is 2.53. The Kier molecular flexibility index (Phi) is 3.25. The highest BCUT2D eigenvalue weighted by Gasteiger charge is 2.06. The van der Waals surface area contributed by atoms with Crippen LogP contribution in [0.3, 0.4) is 0 Å². The Morgan fingerprint density at radius 1 is 1.24 bits per heavy atom. The van der Waals surface area contributed by atoms with E-state index in [1.165, 1.54) is 0 Å². The maximum atomic E-state index is 11.8. The van der Waals surface area contributed by atoms with Crippen molar-refractivity contribution < 1.29 is 4.79 Å². The molecule has 5 heteroatoms. The summed E-state index contributed by atoms with van der Waals surface area (Å²) in [5, 5.41) is 3.13. The molecule has 0 saturated heterocycles. The molecule has 0 aliphatic heterocycles. The molecule has 1 aromatic heterocycles. The van der Waals surface area contributed by atoms with Gasteiger partial charge >= 0.3 is 0 Å². The summed E-state index contributed by atoms with van der Waals surface area (Å²) in [6.07, 6.45) is 3.12. The first-order valence-electron chi connectivity index (χ1n) is 4.93. The Balaban J connectivity index is 2.16. The molecule has 1 amide bonds. The van der Waals surface area contributed by atoms with Crippen LogP contribution in [0.25, 0.3) is 0 Å². The molecule has 2 rings (SSSR count). The molecule has 3 N–H and O–H groups in total. The van der Waals surface area contributed by atoms with Gasteiger partial charge in [0.1, 0.15) is 0 Å². The largest absolute Gasteiger partial charge is 0.398 e. The molecule has 0 fully saturated rings. The van der Waals surface area contributed by atoms with E-state index in [4.69, 9.17) is 17.3 Å². The third-order valence-electron chi connectivity index (χ3n) is 2.20. The second kappa shape index (κ2) is 4.84. The zero-order valence-corrected chi connectivity index (χ0v) is 9.61. The van der Waals surface area contributed by atoms with E-state index < -0.39 is 0 Å². The maximum Gasteiger partial charge on any atom is 0.255 e. The van der Waals surface area contributed by atoms with Crippen LogP contribution in [0.1, 0.15) is 10.4 Å². The Labute approximate surface area is 103 Å². The number of anilines is 2. The van der Waals surface area contributed by atoms with Gasteiger partial charge in [-0.1, -0.05) is 11.6 Å². The zero-order valence-electron chi connectivity index (χ0n) is 8.85. The molecular formula is C12H10ClN3O. The minimum Gasteiger partial charge on any atom is -0.398 e. The van der Waals surface area contributed by atoms with Gasteiger partial charge in [0.25, 0.3) is 5.91 Å². The van der Waals surface area contributed by atoms with Crippen molar-refractivity contribution in [1.29, 1.82) is 0 Å². The maximum absolute atomic E-state index is 11.8. The predicted molar refractivity (Wildman–Crippen MR) is 68.1 cm³/mol. The van der Waals surface area contributed by atoms with Gasteiger partial charge in [0, 0.05) is 23.6 Å². The van der Waals surface area contributed by atoms with Crippen LogP contribution in [0.2, 0.25) is 5.02 Å². The van der Waals surface area contributed by atoms with E-state index >= 15 is 0 Å². The highest BCUT2D eigenvalue weighted by Crippen LogP contribution is 2.22. The lowest BCUT2D eigenvalue weighted by Crippen LogP contribution is -2.11. The number of nitrogens with one attached hydrogen (secondary N) is 1. The summed E-state index contributed by atoms with van der Waals surface area (Å²) < 4.78 is 0. The number of amides is 1. The van der Waals surface area contributed by atoms with Gasteiger partial charge in [-0.2, -0.15) is 0 Å². The lowest BCUT2D eigenvalue weighted by molar-refractivity contribution is 0.102. The highest BCUT2D eigenvalue weighted by atomic mass is 35.5. The van der Waals surface area contributed by atoms with E-state index in [-0.39, 0.29) is 5.91 Å². The lowest BCUT2D eigenvalue weighted by Gasteiger charge is -2.06. The summed E-state index contributed by atoms with van der Waals surface area (Å²) in [5.74, 6) is -0.215. The van der Waals surface area contributed by atoms with Crippen molar-refractivity contribution in [1.82, 2.24) is 4.98 Å². The van der Waals surface area contributed by atoms with E-state index in [0.29, 0.717) is 22.0 Å². The second-order valence-electron chi connectivity index (χ2n) is 3.43. The van der Waals surface area contributed by atoms with Crippen molar-refractivity contribution in [2.75, 3.05) is 11.1 Å². The standard InChI is InChI=1S/C12H10ClN3O/c13-10-7-9(1-2-11(10)14)16-12(17)8-3-5-15-6-4-8/h1-7H,14H2,(H,16,17). The molecular weight excluding hydrogens is 238 g/mol. The Bertz CT molecular complexity index is 543. The average Bonchev–Trinajstić information content (AvgIpc) is 2.35. The smallest absolute Gasteiger partial charge is 0.255 e. The van der Waals surface area contributed by atoms with Crippen molar-refractivity contribution in [3.8, 4) is 0 Å². The first-order valence-corrected chi connectivity index (χ1v) is 5.31. The SMILES string of the molecule is Nc1ccc(NC(=O)c2ccncc2)cc1Cl. The third kappa shape index (κ3) is 2.73.